The van der Waals surface area contributed by atoms with Gasteiger partial charge in [-0.25, -0.2) is 4.98 Å². The summed E-state index contributed by atoms with van der Waals surface area (Å²) < 4.78 is 5.97. The molecule has 108 valence electrons. The summed E-state index contributed by atoms with van der Waals surface area (Å²) in [5.74, 6) is 1.95. The summed E-state index contributed by atoms with van der Waals surface area (Å²) in [6, 6.07) is 7.85. The summed E-state index contributed by atoms with van der Waals surface area (Å²) in [7, 11) is 0. The zero-order valence-electron chi connectivity index (χ0n) is 11.7. The molecule has 4 aromatic heterocycles. The molecule has 4 nitrogen and oxygen atoms in total. The number of hydrogen-bond donors (Lipinski definition) is 0. The van der Waals surface area contributed by atoms with Crippen molar-refractivity contribution in [3.63, 3.8) is 0 Å². The lowest BCUT2D eigenvalue weighted by Crippen LogP contribution is -1.94. The molecule has 22 heavy (non-hydrogen) atoms. The Kier molecular flexibility index (Phi) is 3.32. The highest BCUT2D eigenvalue weighted by Gasteiger charge is 2.16. The van der Waals surface area contributed by atoms with Gasteiger partial charge < -0.3 is 4.74 Å². The highest BCUT2D eigenvalue weighted by molar-refractivity contribution is 7.18. The van der Waals surface area contributed by atoms with Crippen LogP contribution in [0.1, 0.15) is 5.82 Å². The Labute approximate surface area is 135 Å². The van der Waals surface area contributed by atoms with Gasteiger partial charge >= 0.3 is 0 Å². The van der Waals surface area contributed by atoms with Crippen molar-refractivity contribution in [1.82, 2.24) is 15.0 Å². The predicted molar refractivity (Wildman–Crippen MR) is 89.8 cm³/mol. The molecule has 0 bridgehead atoms. The summed E-state index contributed by atoms with van der Waals surface area (Å²) >= 11 is 3.31. The third-order valence-corrected chi connectivity index (χ3v) is 4.92. The Morgan fingerprint density at radius 2 is 2.05 bits per heavy atom. The van der Waals surface area contributed by atoms with Crippen molar-refractivity contribution in [2.75, 3.05) is 0 Å². The Bertz CT molecular complexity index is 917. The number of rotatable bonds is 3. The molecule has 6 heteroatoms. The molecule has 0 saturated carbocycles. The zero-order valence-corrected chi connectivity index (χ0v) is 13.3. The zero-order chi connectivity index (χ0) is 14.9. The second kappa shape index (κ2) is 5.47. The van der Waals surface area contributed by atoms with E-state index in [1.807, 2.05) is 25.1 Å². The van der Waals surface area contributed by atoms with Crippen LogP contribution in [0.15, 0.2) is 47.4 Å². The van der Waals surface area contributed by atoms with E-state index in [0.717, 1.165) is 15.8 Å². The fourth-order valence-corrected chi connectivity index (χ4v) is 4.02. The number of fused-ring (bicyclic) bond motifs is 1. The van der Waals surface area contributed by atoms with Crippen molar-refractivity contribution in [2.24, 2.45) is 0 Å². The summed E-state index contributed by atoms with van der Waals surface area (Å²) in [6.07, 6.45) is 3.40. The standard InChI is InChI=1S/C16H11N3OS2/c1-10-18-15(20-11-4-2-6-17-8-11)14-12(9-22-16(14)19-10)13-5-3-7-21-13/h2-9H,1H3. The van der Waals surface area contributed by atoms with E-state index in [1.54, 1.807) is 35.1 Å². The highest BCUT2D eigenvalue weighted by atomic mass is 32.1. The number of aryl methyl sites for hydroxylation is 1. The van der Waals surface area contributed by atoms with Crippen LogP contribution in [0.25, 0.3) is 20.7 Å². The van der Waals surface area contributed by atoms with Gasteiger partial charge in [-0.1, -0.05) is 6.07 Å². The van der Waals surface area contributed by atoms with Gasteiger partial charge in [0.05, 0.1) is 11.6 Å². The second-order valence-electron chi connectivity index (χ2n) is 4.67. The van der Waals surface area contributed by atoms with Crippen LogP contribution in [0.3, 0.4) is 0 Å². The molecule has 0 N–H and O–H groups in total. The molecule has 4 heterocycles. The van der Waals surface area contributed by atoms with Crippen LogP contribution in [-0.2, 0) is 0 Å². The van der Waals surface area contributed by atoms with E-state index in [0.29, 0.717) is 17.5 Å². The Morgan fingerprint density at radius 1 is 1.09 bits per heavy atom. The first-order valence-electron chi connectivity index (χ1n) is 6.69. The Morgan fingerprint density at radius 3 is 2.82 bits per heavy atom. The third-order valence-electron chi connectivity index (χ3n) is 3.15. The van der Waals surface area contributed by atoms with E-state index in [9.17, 15) is 0 Å². The van der Waals surface area contributed by atoms with Gasteiger partial charge in [0, 0.05) is 22.0 Å². The minimum Gasteiger partial charge on any atom is -0.437 e. The van der Waals surface area contributed by atoms with Gasteiger partial charge in [0.2, 0.25) is 5.88 Å². The Hall–Kier alpha value is -2.31. The predicted octanol–water partition coefficient (Wildman–Crippen LogP) is 4.92. The van der Waals surface area contributed by atoms with Crippen LogP contribution in [0.4, 0.5) is 0 Å². The van der Waals surface area contributed by atoms with Gasteiger partial charge in [0.15, 0.2) is 0 Å². The van der Waals surface area contributed by atoms with Crippen LogP contribution in [0, 0.1) is 6.92 Å². The van der Waals surface area contributed by atoms with E-state index >= 15 is 0 Å². The van der Waals surface area contributed by atoms with Crippen LogP contribution in [-0.4, -0.2) is 15.0 Å². The number of thiophene rings is 2. The molecule has 0 aliphatic heterocycles. The van der Waals surface area contributed by atoms with Crippen molar-refractivity contribution in [3.8, 4) is 22.1 Å². The monoisotopic (exact) mass is 325 g/mol. The molecule has 4 rings (SSSR count). The van der Waals surface area contributed by atoms with Crippen LogP contribution in [0.2, 0.25) is 0 Å². The summed E-state index contributed by atoms with van der Waals surface area (Å²) in [6.45, 7) is 1.88. The van der Waals surface area contributed by atoms with Gasteiger partial charge in [-0.05, 0) is 30.5 Å². The van der Waals surface area contributed by atoms with Gasteiger partial charge in [-0.3, -0.25) is 4.98 Å². The lowest BCUT2D eigenvalue weighted by Gasteiger charge is -2.07. The molecule has 0 aliphatic rings. The molecule has 0 atom stereocenters. The topological polar surface area (TPSA) is 47.9 Å². The van der Waals surface area contributed by atoms with Crippen LogP contribution in [0.5, 0.6) is 11.6 Å². The molecule has 0 aromatic carbocycles. The fraction of sp³-hybridized carbons (Fsp3) is 0.0625. The SMILES string of the molecule is Cc1nc(Oc2cccnc2)c2c(-c3cccs3)csc2n1. The molecule has 0 unspecified atom stereocenters. The lowest BCUT2D eigenvalue weighted by molar-refractivity contribution is 0.465. The molecule has 0 radical (unpaired) electrons. The first kappa shape index (κ1) is 13.4. The summed E-state index contributed by atoms with van der Waals surface area (Å²) in [4.78, 5) is 15.2. The van der Waals surface area contributed by atoms with Gasteiger partial charge in [0.25, 0.3) is 0 Å². The molecule has 0 saturated heterocycles. The maximum absolute atomic E-state index is 5.97. The van der Waals surface area contributed by atoms with E-state index in [-0.39, 0.29) is 0 Å². The second-order valence-corrected chi connectivity index (χ2v) is 6.48. The first-order chi connectivity index (χ1) is 10.8. The third kappa shape index (κ3) is 2.36. The van der Waals surface area contributed by atoms with Crippen LogP contribution < -0.4 is 4.74 Å². The largest absolute Gasteiger partial charge is 0.437 e. The van der Waals surface area contributed by atoms with Crippen molar-refractivity contribution >= 4 is 32.9 Å². The average molecular weight is 325 g/mol. The number of pyridine rings is 1. The fourth-order valence-electron chi connectivity index (χ4n) is 2.22. The number of ether oxygens (including phenoxy) is 1. The molecular weight excluding hydrogens is 314 g/mol. The van der Waals surface area contributed by atoms with Gasteiger partial charge in [0.1, 0.15) is 16.4 Å². The molecule has 0 fully saturated rings. The van der Waals surface area contributed by atoms with Gasteiger partial charge in [-0.15, -0.1) is 22.7 Å². The van der Waals surface area contributed by atoms with Crippen molar-refractivity contribution in [3.05, 3.63) is 53.2 Å². The van der Waals surface area contributed by atoms with Crippen LogP contribution >= 0.6 is 22.7 Å². The first-order valence-corrected chi connectivity index (χ1v) is 8.45. The smallest absolute Gasteiger partial charge is 0.232 e. The molecule has 0 aliphatic carbocycles. The normalized spacial score (nSPS) is 11.0. The summed E-state index contributed by atoms with van der Waals surface area (Å²) in [5, 5.41) is 5.14. The number of hydrogen-bond acceptors (Lipinski definition) is 6. The molecular formula is C16H11N3OS2. The minimum atomic E-state index is 0.583. The minimum absolute atomic E-state index is 0.583. The van der Waals surface area contributed by atoms with E-state index in [4.69, 9.17) is 4.74 Å². The Balaban J connectivity index is 1.91. The van der Waals surface area contributed by atoms with E-state index in [2.05, 4.69) is 31.8 Å². The highest BCUT2D eigenvalue weighted by Crippen LogP contribution is 2.40. The van der Waals surface area contributed by atoms with Crippen molar-refractivity contribution in [1.29, 1.82) is 0 Å². The molecule has 0 amide bonds. The molecule has 0 spiro atoms. The maximum atomic E-state index is 5.97. The van der Waals surface area contributed by atoms with E-state index in [1.165, 1.54) is 4.88 Å². The lowest BCUT2D eigenvalue weighted by atomic mass is 10.2. The average Bonchev–Trinajstić information content (AvgIpc) is 3.16. The van der Waals surface area contributed by atoms with Crippen molar-refractivity contribution < 1.29 is 4.74 Å². The maximum Gasteiger partial charge on any atom is 0.232 e. The van der Waals surface area contributed by atoms with Crippen molar-refractivity contribution in [2.45, 2.75) is 6.92 Å². The quantitative estimate of drug-likeness (QED) is 0.536. The van der Waals surface area contributed by atoms with Gasteiger partial charge in [-0.2, -0.15) is 4.98 Å². The number of nitrogens with zero attached hydrogens (tertiary/aromatic N) is 3. The molecule has 4 aromatic rings. The summed E-state index contributed by atoms with van der Waals surface area (Å²) in [5.41, 5.74) is 1.12. The van der Waals surface area contributed by atoms with E-state index < -0.39 is 0 Å². The number of aromatic nitrogens is 3.